The Labute approximate surface area is 285 Å². The summed E-state index contributed by atoms with van der Waals surface area (Å²) in [5.74, 6) is 3.29. The minimum absolute atomic E-state index is 0.0531. The maximum Gasteiger partial charge on any atom is 0.261 e. The van der Waals surface area contributed by atoms with Gasteiger partial charge >= 0.3 is 0 Å². The molecule has 0 saturated carbocycles. The summed E-state index contributed by atoms with van der Waals surface area (Å²) in [5.41, 5.74) is 9.46. The molecule has 234 valence electrons. The Morgan fingerprint density at radius 2 is 1.22 bits per heavy atom. The molecule has 0 bridgehead atoms. The van der Waals surface area contributed by atoms with Gasteiger partial charge in [-0.3, -0.25) is 0 Å². The first-order chi connectivity index (χ1) is 23.9. The highest BCUT2D eigenvalue weighted by Crippen LogP contribution is 2.43. The lowest BCUT2D eigenvalue weighted by molar-refractivity contribution is 0.462. The molecule has 7 aromatic carbocycles. The highest BCUT2D eigenvalue weighted by Gasteiger charge is 2.42. The average Bonchev–Trinajstić information content (AvgIpc) is 3.50. The standard InChI is InChI=1S/C44H32BNO3/c1-44(2,3)28-17-19-30(20-18-28)46(29-11-5-4-6-12-29)31-21-22-33-34-23-24-35-43(42(34)49-39(33)26-31)48-37-15-9-14-36-41(37)45(35)40-32-13-8-7-10-27(32)16-25-38(40)47-36/h4-26H,1-3H3. The van der Waals surface area contributed by atoms with Crippen molar-refractivity contribution in [3.05, 3.63) is 145 Å². The van der Waals surface area contributed by atoms with E-state index < -0.39 is 0 Å². The zero-order chi connectivity index (χ0) is 32.9. The Kier molecular flexibility index (Phi) is 5.90. The van der Waals surface area contributed by atoms with Gasteiger partial charge in [-0.2, -0.15) is 0 Å². The number of nitrogens with zero attached hydrogens (tertiary/aromatic N) is 1. The van der Waals surface area contributed by atoms with Crippen LogP contribution < -0.4 is 30.8 Å². The highest BCUT2D eigenvalue weighted by molar-refractivity contribution is 6.99. The summed E-state index contributed by atoms with van der Waals surface area (Å²) in [6.45, 7) is 6.68. The van der Waals surface area contributed by atoms with Crippen LogP contribution >= 0.6 is 0 Å². The van der Waals surface area contributed by atoms with Gasteiger partial charge in [-0.1, -0.05) is 99.6 Å². The van der Waals surface area contributed by atoms with Crippen molar-refractivity contribution in [2.24, 2.45) is 0 Å². The van der Waals surface area contributed by atoms with E-state index in [4.69, 9.17) is 13.9 Å². The smallest absolute Gasteiger partial charge is 0.261 e. The van der Waals surface area contributed by atoms with Crippen LogP contribution in [0.1, 0.15) is 26.3 Å². The molecule has 0 unspecified atom stereocenters. The van der Waals surface area contributed by atoms with Crippen molar-refractivity contribution in [1.29, 1.82) is 0 Å². The summed E-state index contributed by atoms with van der Waals surface area (Å²) in [5, 5.41) is 4.46. The minimum atomic E-state index is -0.0531. The molecule has 8 aromatic rings. The lowest BCUT2D eigenvalue weighted by Gasteiger charge is -2.33. The third-order valence-electron chi connectivity index (χ3n) is 10.2. The number of para-hydroxylation sites is 1. The van der Waals surface area contributed by atoms with Crippen LogP contribution in [0.3, 0.4) is 0 Å². The number of hydrogen-bond donors (Lipinski definition) is 0. The fourth-order valence-electron chi connectivity index (χ4n) is 7.76. The van der Waals surface area contributed by atoms with Crippen molar-refractivity contribution >= 4 is 72.9 Å². The SMILES string of the molecule is CC(C)(C)c1ccc(N(c2ccccc2)c2ccc3c(c2)oc2c4c(ccc23)B2c3c(cccc3O4)Oc3ccc4ccccc4c32)cc1. The molecular formula is C44H32BNO3. The normalized spacial score (nSPS) is 13.1. The number of hydrogen-bond acceptors (Lipinski definition) is 4. The highest BCUT2D eigenvalue weighted by atomic mass is 16.5. The third kappa shape index (κ3) is 4.25. The first-order valence-corrected chi connectivity index (χ1v) is 16.9. The van der Waals surface area contributed by atoms with Crippen molar-refractivity contribution in [2.75, 3.05) is 4.90 Å². The van der Waals surface area contributed by atoms with Crippen LogP contribution in [0.4, 0.5) is 17.1 Å². The van der Waals surface area contributed by atoms with Crippen molar-refractivity contribution < 1.29 is 13.9 Å². The van der Waals surface area contributed by atoms with E-state index in [-0.39, 0.29) is 12.1 Å². The molecule has 0 aliphatic carbocycles. The van der Waals surface area contributed by atoms with Crippen LogP contribution in [-0.4, -0.2) is 6.71 Å². The van der Waals surface area contributed by atoms with Gasteiger partial charge < -0.3 is 18.8 Å². The summed E-state index contributed by atoms with van der Waals surface area (Å²) >= 11 is 0. The Morgan fingerprint density at radius 1 is 0.531 bits per heavy atom. The van der Waals surface area contributed by atoms with Crippen molar-refractivity contribution in [1.82, 2.24) is 0 Å². The molecule has 0 atom stereocenters. The van der Waals surface area contributed by atoms with Gasteiger partial charge in [0.2, 0.25) is 0 Å². The Hall–Kier alpha value is -5.94. The summed E-state index contributed by atoms with van der Waals surface area (Å²) in [6.07, 6.45) is 0. The summed E-state index contributed by atoms with van der Waals surface area (Å²) < 4.78 is 20.1. The Morgan fingerprint density at radius 3 is 2.04 bits per heavy atom. The van der Waals surface area contributed by atoms with Crippen LogP contribution in [0, 0.1) is 0 Å². The van der Waals surface area contributed by atoms with E-state index in [2.05, 4.69) is 147 Å². The van der Waals surface area contributed by atoms with E-state index in [1.54, 1.807) is 0 Å². The lowest BCUT2D eigenvalue weighted by atomic mass is 9.34. The van der Waals surface area contributed by atoms with Crippen LogP contribution in [0.2, 0.25) is 0 Å². The van der Waals surface area contributed by atoms with Gasteiger partial charge in [0, 0.05) is 39.4 Å². The van der Waals surface area contributed by atoms with Gasteiger partial charge in [-0.25, -0.2) is 0 Å². The van der Waals surface area contributed by atoms with E-state index in [0.29, 0.717) is 0 Å². The molecule has 5 heteroatoms. The molecule has 2 aliphatic heterocycles. The quantitative estimate of drug-likeness (QED) is 0.181. The molecule has 0 spiro atoms. The van der Waals surface area contributed by atoms with E-state index in [9.17, 15) is 0 Å². The Bertz CT molecular complexity index is 2600. The van der Waals surface area contributed by atoms with Crippen molar-refractivity contribution in [3.63, 3.8) is 0 Å². The predicted molar refractivity (Wildman–Crippen MR) is 202 cm³/mol. The molecule has 0 N–H and O–H groups in total. The molecule has 0 amide bonds. The number of furan rings is 1. The van der Waals surface area contributed by atoms with E-state index in [1.165, 1.54) is 16.3 Å². The zero-order valence-electron chi connectivity index (χ0n) is 27.5. The number of benzene rings is 7. The molecule has 10 rings (SSSR count). The van der Waals surface area contributed by atoms with Gasteiger partial charge in [0.15, 0.2) is 11.3 Å². The topological polar surface area (TPSA) is 34.8 Å². The van der Waals surface area contributed by atoms with Crippen LogP contribution in [0.5, 0.6) is 23.0 Å². The first kappa shape index (κ1) is 28.1. The van der Waals surface area contributed by atoms with E-state index in [0.717, 1.165) is 78.4 Å². The second kappa shape index (κ2) is 10.3. The fourth-order valence-corrected chi connectivity index (χ4v) is 7.76. The fraction of sp³-hybridized carbons (Fsp3) is 0.0909. The molecule has 3 heterocycles. The van der Waals surface area contributed by atoms with Gasteiger partial charge in [-0.15, -0.1) is 0 Å². The van der Waals surface area contributed by atoms with Crippen molar-refractivity contribution in [3.8, 4) is 23.0 Å². The largest absolute Gasteiger partial charge is 0.458 e. The lowest BCUT2D eigenvalue weighted by Crippen LogP contribution is -2.57. The minimum Gasteiger partial charge on any atom is -0.458 e. The average molecular weight is 634 g/mol. The maximum absolute atomic E-state index is 6.83. The number of fused-ring (bicyclic) bond motifs is 10. The molecular weight excluding hydrogens is 601 g/mol. The van der Waals surface area contributed by atoms with Crippen molar-refractivity contribution in [2.45, 2.75) is 26.2 Å². The van der Waals surface area contributed by atoms with Crippen LogP contribution in [-0.2, 0) is 5.41 Å². The predicted octanol–water partition coefficient (Wildman–Crippen LogP) is 10.2. The third-order valence-corrected chi connectivity index (χ3v) is 10.2. The van der Waals surface area contributed by atoms with Crippen LogP contribution in [0.15, 0.2) is 144 Å². The molecule has 2 aliphatic rings. The summed E-state index contributed by atoms with van der Waals surface area (Å²) in [7, 11) is 0. The van der Waals surface area contributed by atoms with E-state index in [1.807, 2.05) is 18.2 Å². The summed E-state index contributed by atoms with van der Waals surface area (Å²) in [4.78, 5) is 2.28. The maximum atomic E-state index is 6.83. The zero-order valence-corrected chi connectivity index (χ0v) is 27.5. The Balaban J connectivity index is 1.15. The molecule has 0 radical (unpaired) electrons. The van der Waals surface area contributed by atoms with Gasteiger partial charge in [-0.05, 0) is 87.3 Å². The molecule has 49 heavy (non-hydrogen) atoms. The molecule has 4 nitrogen and oxygen atoms in total. The molecule has 0 saturated heterocycles. The van der Waals surface area contributed by atoms with Gasteiger partial charge in [0.05, 0.1) is 0 Å². The van der Waals surface area contributed by atoms with Crippen LogP contribution in [0.25, 0.3) is 32.7 Å². The second-order valence-electron chi connectivity index (χ2n) is 14.1. The first-order valence-electron chi connectivity index (χ1n) is 16.9. The van der Waals surface area contributed by atoms with E-state index >= 15 is 0 Å². The monoisotopic (exact) mass is 633 g/mol. The number of anilines is 3. The van der Waals surface area contributed by atoms with Gasteiger partial charge in [0.1, 0.15) is 22.8 Å². The second-order valence-corrected chi connectivity index (χ2v) is 14.1. The molecule has 0 fully saturated rings. The number of ether oxygens (including phenoxy) is 2. The number of rotatable bonds is 3. The summed E-state index contributed by atoms with van der Waals surface area (Å²) in [6, 6.07) is 49.2. The van der Waals surface area contributed by atoms with Gasteiger partial charge in [0.25, 0.3) is 6.71 Å². The molecule has 1 aromatic heterocycles.